The molecule has 3 rings (SSSR count). The molecule has 4 nitrogen and oxygen atoms in total. The number of thiazole rings is 1. The number of hydrogen-bond donors (Lipinski definition) is 1. The van der Waals surface area contributed by atoms with Gasteiger partial charge in [-0.2, -0.15) is 0 Å². The lowest BCUT2D eigenvalue weighted by Gasteiger charge is -2.09. The molecule has 1 N–H and O–H groups in total. The van der Waals surface area contributed by atoms with E-state index in [-0.39, 0.29) is 12.5 Å². The maximum absolute atomic E-state index is 12.2. The molecule has 2 aromatic carbocycles. The Hall–Kier alpha value is -2.11. The number of hydrogen-bond acceptors (Lipinski definition) is 4. The summed E-state index contributed by atoms with van der Waals surface area (Å²) in [5.41, 5.74) is 5.04. The topological polar surface area (TPSA) is 51.2 Å². The highest BCUT2D eigenvalue weighted by Gasteiger charge is 2.12. The summed E-state index contributed by atoms with van der Waals surface area (Å²) in [7, 11) is 0. The number of rotatable bonds is 4. The van der Waals surface area contributed by atoms with Crippen molar-refractivity contribution < 1.29 is 9.53 Å². The van der Waals surface area contributed by atoms with Gasteiger partial charge in [-0.1, -0.05) is 35.1 Å². The monoisotopic (exact) mass is 374 g/mol. The first-order valence-electron chi connectivity index (χ1n) is 7.91. The Labute approximate surface area is 155 Å². The number of aromatic nitrogens is 1. The molecule has 0 fully saturated rings. The van der Waals surface area contributed by atoms with Crippen LogP contribution in [0.15, 0.2) is 24.3 Å². The maximum Gasteiger partial charge on any atom is 0.264 e. The second-order valence-electron chi connectivity index (χ2n) is 6.10. The molecule has 0 saturated carbocycles. The van der Waals surface area contributed by atoms with Gasteiger partial charge in [0.05, 0.1) is 10.2 Å². The third-order valence-electron chi connectivity index (χ3n) is 3.97. The van der Waals surface area contributed by atoms with Crippen molar-refractivity contribution in [1.82, 2.24) is 4.98 Å². The highest BCUT2D eigenvalue weighted by Crippen LogP contribution is 2.31. The van der Waals surface area contributed by atoms with Gasteiger partial charge in [0.25, 0.3) is 5.91 Å². The van der Waals surface area contributed by atoms with E-state index in [1.807, 2.05) is 45.9 Å². The number of nitrogens with one attached hydrogen (secondary N) is 1. The third-order valence-corrected chi connectivity index (χ3v) is 5.67. The number of amides is 1. The van der Waals surface area contributed by atoms with E-state index in [2.05, 4.69) is 16.4 Å². The van der Waals surface area contributed by atoms with Gasteiger partial charge in [-0.3, -0.25) is 10.1 Å². The third kappa shape index (κ3) is 3.78. The Balaban J connectivity index is 1.69. The van der Waals surface area contributed by atoms with E-state index in [0.29, 0.717) is 10.9 Å². The zero-order valence-corrected chi connectivity index (χ0v) is 16.1. The lowest BCUT2D eigenvalue weighted by Crippen LogP contribution is -2.20. The van der Waals surface area contributed by atoms with Crippen LogP contribution in [0.25, 0.3) is 10.2 Å². The number of fused-ring (bicyclic) bond motifs is 1. The summed E-state index contributed by atoms with van der Waals surface area (Å²) in [6, 6.07) is 7.76. The number of carbonyl (C=O) groups excluding carboxylic acids is 1. The Kier molecular flexibility index (Phi) is 4.97. The van der Waals surface area contributed by atoms with Crippen LogP contribution in [0.1, 0.15) is 22.3 Å². The van der Waals surface area contributed by atoms with Crippen LogP contribution in [-0.4, -0.2) is 17.5 Å². The number of aryl methyl sites for hydroxylation is 4. The first kappa shape index (κ1) is 17.7. The Morgan fingerprint density at radius 3 is 2.40 bits per heavy atom. The Morgan fingerprint density at radius 1 is 1.12 bits per heavy atom. The number of nitrogens with zero attached hydrogens (tertiary/aromatic N) is 1. The van der Waals surface area contributed by atoms with Crippen molar-refractivity contribution in [2.24, 2.45) is 0 Å². The van der Waals surface area contributed by atoms with Gasteiger partial charge < -0.3 is 4.74 Å². The van der Waals surface area contributed by atoms with Crippen molar-refractivity contribution in [1.29, 1.82) is 0 Å². The van der Waals surface area contributed by atoms with Crippen molar-refractivity contribution in [3.63, 3.8) is 0 Å². The van der Waals surface area contributed by atoms with Crippen molar-refractivity contribution in [2.45, 2.75) is 27.7 Å². The van der Waals surface area contributed by atoms with E-state index in [1.54, 1.807) is 0 Å². The van der Waals surface area contributed by atoms with Crippen molar-refractivity contribution in [3.8, 4) is 5.75 Å². The van der Waals surface area contributed by atoms with Crippen LogP contribution in [0.5, 0.6) is 5.75 Å². The summed E-state index contributed by atoms with van der Waals surface area (Å²) >= 11 is 7.62. The van der Waals surface area contributed by atoms with Crippen molar-refractivity contribution >= 4 is 44.2 Å². The molecule has 3 aromatic rings. The van der Waals surface area contributed by atoms with E-state index in [0.717, 1.165) is 37.5 Å². The van der Waals surface area contributed by atoms with Crippen LogP contribution in [0.3, 0.4) is 0 Å². The average molecular weight is 375 g/mol. The summed E-state index contributed by atoms with van der Waals surface area (Å²) in [6.45, 7) is 7.80. The minimum Gasteiger partial charge on any atom is -0.484 e. The van der Waals surface area contributed by atoms with Gasteiger partial charge in [-0.05, 0) is 62.1 Å². The zero-order valence-electron chi connectivity index (χ0n) is 14.6. The summed E-state index contributed by atoms with van der Waals surface area (Å²) in [5.74, 6) is 0.394. The van der Waals surface area contributed by atoms with Crippen molar-refractivity contribution in [3.05, 3.63) is 51.5 Å². The standard InChI is InChI=1S/C19H19ClN2O2S/c1-10-5-6-11(2)18-17(10)22-19(25-18)21-15(23)9-24-14-7-12(3)16(20)13(4)8-14/h5-8H,9H2,1-4H3,(H,21,22,23). The molecule has 0 bridgehead atoms. The SMILES string of the molecule is Cc1cc(OCC(=O)Nc2nc3c(C)ccc(C)c3s2)cc(C)c1Cl. The minimum atomic E-state index is -0.236. The van der Waals surface area contributed by atoms with Crippen LogP contribution >= 0.6 is 22.9 Å². The molecule has 0 aliphatic rings. The summed E-state index contributed by atoms with van der Waals surface area (Å²) in [5, 5.41) is 4.12. The fraction of sp³-hybridized carbons (Fsp3) is 0.263. The normalized spacial score (nSPS) is 10.9. The van der Waals surface area contributed by atoms with Gasteiger partial charge in [-0.15, -0.1) is 0 Å². The molecule has 0 atom stereocenters. The predicted molar refractivity (Wildman–Crippen MR) is 104 cm³/mol. The van der Waals surface area contributed by atoms with Crippen LogP contribution in [0.4, 0.5) is 5.13 Å². The van der Waals surface area contributed by atoms with E-state index in [9.17, 15) is 4.79 Å². The largest absolute Gasteiger partial charge is 0.484 e. The van der Waals surface area contributed by atoms with E-state index < -0.39 is 0 Å². The van der Waals surface area contributed by atoms with Crippen LogP contribution in [0, 0.1) is 27.7 Å². The first-order chi connectivity index (χ1) is 11.8. The molecule has 130 valence electrons. The molecule has 6 heteroatoms. The molecule has 25 heavy (non-hydrogen) atoms. The fourth-order valence-corrected chi connectivity index (χ4v) is 3.74. The number of benzene rings is 2. The molecule has 0 unspecified atom stereocenters. The number of anilines is 1. The highest BCUT2D eigenvalue weighted by molar-refractivity contribution is 7.22. The quantitative estimate of drug-likeness (QED) is 0.682. The number of carbonyl (C=O) groups is 1. The molecule has 0 radical (unpaired) electrons. The average Bonchev–Trinajstić information content (AvgIpc) is 2.99. The molecule has 0 saturated heterocycles. The van der Waals surface area contributed by atoms with E-state index in [4.69, 9.17) is 16.3 Å². The lowest BCUT2D eigenvalue weighted by atomic mass is 10.1. The van der Waals surface area contributed by atoms with E-state index in [1.165, 1.54) is 11.3 Å². The highest BCUT2D eigenvalue weighted by atomic mass is 35.5. The van der Waals surface area contributed by atoms with Gasteiger partial charge in [0, 0.05) is 5.02 Å². The predicted octanol–water partition coefficient (Wildman–Crippen LogP) is 5.20. The molecule has 1 heterocycles. The van der Waals surface area contributed by atoms with Crippen LogP contribution in [-0.2, 0) is 4.79 Å². The second kappa shape index (κ2) is 7.02. The summed E-state index contributed by atoms with van der Waals surface area (Å²) in [6.07, 6.45) is 0. The van der Waals surface area contributed by atoms with Gasteiger partial charge in [0.1, 0.15) is 5.75 Å². The molecule has 0 spiro atoms. The summed E-state index contributed by atoms with van der Waals surface area (Å²) < 4.78 is 6.68. The fourth-order valence-electron chi connectivity index (χ4n) is 2.61. The molecule has 1 aromatic heterocycles. The van der Waals surface area contributed by atoms with Crippen molar-refractivity contribution in [2.75, 3.05) is 11.9 Å². The van der Waals surface area contributed by atoms with E-state index >= 15 is 0 Å². The Bertz CT molecular complexity index is 903. The molecular weight excluding hydrogens is 356 g/mol. The number of ether oxygens (including phenoxy) is 1. The lowest BCUT2D eigenvalue weighted by molar-refractivity contribution is -0.118. The van der Waals surface area contributed by atoms with Gasteiger partial charge in [0.2, 0.25) is 0 Å². The molecule has 0 aliphatic carbocycles. The smallest absolute Gasteiger partial charge is 0.264 e. The van der Waals surface area contributed by atoms with Gasteiger partial charge in [0.15, 0.2) is 11.7 Å². The second-order valence-corrected chi connectivity index (χ2v) is 7.48. The Morgan fingerprint density at radius 2 is 1.76 bits per heavy atom. The molecule has 1 amide bonds. The summed E-state index contributed by atoms with van der Waals surface area (Å²) in [4.78, 5) is 16.7. The number of halogens is 1. The minimum absolute atomic E-state index is 0.0750. The zero-order chi connectivity index (χ0) is 18.1. The van der Waals surface area contributed by atoms with Gasteiger partial charge in [-0.25, -0.2) is 4.98 Å². The molecule has 0 aliphatic heterocycles. The van der Waals surface area contributed by atoms with Gasteiger partial charge >= 0.3 is 0 Å². The first-order valence-corrected chi connectivity index (χ1v) is 9.10. The van der Waals surface area contributed by atoms with Crippen LogP contribution in [0.2, 0.25) is 5.02 Å². The van der Waals surface area contributed by atoms with Crippen LogP contribution < -0.4 is 10.1 Å². The molecular formula is C19H19ClN2O2S. The maximum atomic E-state index is 12.2.